The molecule has 4 N–H and O–H groups in total. The van der Waals surface area contributed by atoms with Crippen LogP contribution in [-0.2, 0) is 6.16 Å². The third-order valence-electron chi connectivity index (χ3n) is 7.12. The molecule has 0 aromatic heterocycles. The number of halogens is 1. The monoisotopic (exact) mass is 555 g/mol. The van der Waals surface area contributed by atoms with Crippen LogP contribution in [-0.4, -0.2) is 29.9 Å². The molecule has 1 heterocycles. The maximum Gasteiger partial charge on any atom is 0.199 e. The Balaban J connectivity index is 0.00000353. The van der Waals surface area contributed by atoms with Crippen molar-refractivity contribution in [2.45, 2.75) is 25.4 Å². The number of nitrogens with one attached hydrogen (secondary N) is 4. The summed E-state index contributed by atoms with van der Waals surface area (Å²) in [6.07, 6.45) is 4.28. The van der Waals surface area contributed by atoms with Gasteiger partial charge in [-0.1, -0.05) is 66.7 Å². The molecular formula is C32H35ClN5P. The summed E-state index contributed by atoms with van der Waals surface area (Å²) in [6, 6.07) is 41.0. The first-order valence-corrected chi connectivity index (χ1v) is 15.2. The predicted octanol–water partition coefficient (Wildman–Crippen LogP) is 2.54. The fourth-order valence-corrected chi connectivity index (χ4v) is 9.51. The van der Waals surface area contributed by atoms with Crippen LogP contribution in [0.3, 0.4) is 0 Å². The fraction of sp³-hybridized carbons (Fsp3) is 0.188. The standard InChI is InChI=1S/C32H35N5P.ClH/c33-31(36-32(34)37-22-11-4-12-23-37)35-27-15-13-14-26(24-27)25-38(28-16-5-1-6-17-28,29-18-7-2-8-19-29)30-20-9-3-10-21-30;/h1-3,5-10,13-21,24H,4,11-12,22-23,25H2,(H4,33,34,35,36);1H/q+1;/p-1. The molecule has 1 aliphatic rings. The van der Waals surface area contributed by atoms with Gasteiger partial charge in [0.05, 0.1) is 6.16 Å². The van der Waals surface area contributed by atoms with Gasteiger partial charge in [-0.2, -0.15) is 0 Å². The summed E-state index contributed by atoms with van der Waals surface area (Å²) in [5.74, 6) is 0.411. The zero-order valence-corrected chi connectivity index (χ0v) is 23.6. The van der Waals surface area contributed by atoms with Gasteiger partial charge in [-0.05, 0) is 73.4 Å². The Morgan fingerprint density at radius 2 is 1.18 bits per heavy atom. The molecule has 4 aromatic carbocycles. The Bertz CT molecular complexity index is 1260. The summed E-state index contributed by atoms with van der Waals surface area (Å²) in [5, 5.41) is 27.0. The number of hydrogen-bond acceptors (Lipinski definition) is 2. The van der Waals surface area contributed by atoms with Crippen molar-refractivity contribution in [1.29, 1.82) is 10.8 Å². The van der Waals surface area contributed by atoms with Gasteiger partial charge in [0.25, 0.3) is 0 Å². The first-order valence-electron chi connectivity index (χ1n) is 13.3. The van der Waals surface area contributed by atoms with Crippen molar-refractivity contribution in [2.75, 3.05) is 18.4 Å². The second-order valence-corrected chi connectivity index (χ2v) is 13.2. The topological polar surface area (TPSA) is 75.0 Å². The van der Waals surface area contributed by atoms with Crippen molar-refractivity contribution in [3.8, 4) is 0 Å². The highest BCUT2D eigenvalue weighted by Crippen LogP contribution is 2.58. The Morgan fingerprint density at radius 1 is 0.667 bits per heavy atom. The van der Waals surface area contributed by atoms with Crippen molar-refractivity contribution < 1.29 is 12.4 Å². The van der Waals surface area contributed by atoms with Crippen LogP contribution >= 0.6 is 7.26 Å². The van der Waals surface area contributed by atoms with Crippen LogP contribution in [0.5, 0.6) is 0 Å². The lowest BCUT2D eigenvalue weighted by Gasteiger charge is -2.29. The number of likely N-dealkylation sites (tertiary alicyclic amines) is 1. The van der Waals surface area contributed by atoms with Gasteiger partial charge in [0, 0.05) is 18.8 Å². The molecule has 1 fully saturated rings. The van der Waals surface area contributed by atoms with Crippen molar-refractivity contribution in [1.82, 2.24) is 10.2 Å². The zero-order chi connectivity index (χ0) is 26.2. The summed E-state index contributed by atoms with van der Waals surface area (Å²) >= 11 is 0. The average molecular weight is 556 g/mol. The molecule has 0 radical (unpaired) electrons. The first kappa shape index (κ1) is 28.4. The van der Waals surface area contributed by atoms with Crippen LogP contribution in [0, 0.1) is 10.8 Å². The highest BCUT2D eigenvalue weighted by Gasteiger charge is 2.45. The van der Waals surface area contributed by atoms with Gasteiger partial charge in [-0.15, -0.1) is 0 Å². The van der Waals surface area contributed by atoms with Gasteiger partial charge in [0.15, 0.2) is 11.9 Å². The fourth-order valence-electron chi connectivity index (χ4n) is 5.28. The van der Waals surface area contributed by atoms with E-state index in [0.717, 1.165) is 37.8 Å². The van der Waals surface area contributed by atoms with Crippen molar-refractivity contribution in [2.24, 2.45) is 0 Å². The van der Waals surface area contributed by atoms with E-state index in [1.807, 2.05) is 11.0 Å². The van der Waals surface area contributed by atoms with Crippen LogP contribution in [0.15, 0.2) is 115 Å². The maximum atomic E-state index is 8.45. The van der Waals surface area contributed by atoms with E-state index in [1.165, 1.54) is 27.9 Å². The molecule has 39 heavy (non-hydrogen) atoms. The number of guanidine groups is 2. The number of hydrogen-bond donors (Lipinski definition) is 4. The molecule has 0 aliphatic carbocycles. The van der Waals surface area contributed by atoms with Crippen molar-refractivity contribution in [3.63, 3.8) is 0 Å². The van der Waals surface area contributed by atoms with Crippen LogP contribution in [0.1, 0.15) is 24.8 Å². The number of rotatable bonds is 6. The molecule has 1 saturated heterocycles. The minimum atomic E-state index is -2.01. The van der Waals surface area contributed by atoms with Crippen molar-refractivity contribution in [3.05, 3.63) is 121 Å². The Kier molecular flexibility index (Phi) is 9.75. The molecule has 0 unspecified atom stereocenters. The molecule has 7 heteroatoms. The Hall–Kier alpha value is -3.66. The van der Waals surface area contributed by atoms with Crippen molar-refractivity contribution >= 4 is 40.8 Å². The van der Waals surface area contributed by atoms with E-state index in [1.54, 1.807) is 0 Å². The maximum absolute atomic E-state index is 8.45. The summed E-state index contributed by atoms with van der Waals surface area (Å²) < 4.78 is 0. The van der Waals surface area contributed by atoms with Crippen LogP contribution in [0.25, 0.3) is 0 Å². The highest BCUT2D eigenvalue weighted by atomic mass is 35.5. The molecule has 4 aromatic rings. The Morgan fingerprint density at radius 3 is 1.69 bits per heavy atom. The number of anilines is 1. The molecule has 1 aliphatic heterocycles. The lowest BCUT2D eigenvalue weighted by molar-refractivity contribution is -0.00000825. The molecule has 5 nitrogen and oxygen atoms in total. The summed E-state index contributed by atoms with van der Waals surface area (Å²) in [4.78, 5) is 2.01. The smallest absolute Gasteiger partial charge is 0.199 e. The molecule has 0 amide bonds. The molecule has 200 valence electrons. The molecule has 0 bridgehead atoms. The molecule has 0 saturated carbocycles. The predicted molar refractivity (Wildman–Crippen MR) is 163 cm³/mol. The van der Waals surface area contributed by atoms with E-state index in [-0.39, 0.29) is 18.4 Å². The van der Waals surface area contributed by atoms with Crippen LogP contribution in [0.2, 0.25) is 0 Å². The van der Waals surface area contributed by atoms with Gasteiger partial charge in [-0.25, -0.2) is 0 Å². The van der Waals surface area contributed by atoms with E-state index in [9.17, 15) is 0 Å². The van der Waals surface area contributed by atoms with Crippen LogP contribution < -0.4 is 39.0 Å². The van der Waals surface area contributed by atoms with Gasteiger partial charge in [-0.3, -0.25) is 16.1 Å². The average Bonchev–Trinajstić information content (AvgIpc) is 2.98. The van der Waals surface area contributed by atoms with E-state index in [4.69, 9.17) is 10.8 Å². The van der Waals surface area contributed by atoms with E-state index in [0.29, 0.717) is 5.96 Å². The second kappa shape index (κ2) is 13.4. The summed E-state index contributed by atoms with van der Waals surface area (Å²) in [5.41, 5.74) is 2.05. The normalized spacial score (nSPS) is 13.2. The minimum absolute atomic E-state index is 0. The van der Waals surface area contributed by atoms with E-state index < -0.39 is 7.26 Å². The number of piperidine rings is 1. The van der Waals surface area contributed by atoms with E-state index in [2.05, 4.69) is 120 Å². The zero-order valence-electron chi connectivity index (χ0n) is 22.0. The number of benzene rings is 4. The minimum Gasteiger partial charge on any atom is -1.00 e. The van der Waals surface area contributed by atoms with Crippen LogP contribution in [0.4, 0.5) is 5.69 Å². The third-order valence-corrected chi connectivity index (χ3v) is 11.5. The largest absolute Gasteiger partial charge is 1.00 e. The van der Waals surface area contributed by atoms with Gasteiger partial charge in [0.1, 0.15) is 23.2 Å². The lowest BCUT2D eigenvalue weighted by atomic mass is 10.1. The lowest BCUT2D eigenvalue weighted by Crippen LogP contribution is -3.00. The molecule has 0 spiro atoms. The third kappa shape index (κ3) is 6.68. The quantitative estimate of drug-likeness (QED) is 0.168. The van der Waals surface area contributed by atoms with E-state index >= 15 is 0 Å². The molecule has 5 rings (SSSR count). The second-order valence-electron chi connectivity index (χ2n) is 9.70. The van der Waals surface area contributed by atoms with Gasteiger partial charge in [0.2, 0.25) is 0 Å². The summed E-state index contributed by atoms with van der Waals surface area (Å²) in [7, 11) is -2.01. The number of nitrogens with zero attached hydrogens (tertiary/aromatic N) is 1. The highest BCUT2D eigenvalue weighted by molar-refractivity contribution is 7.95. The first-order chi connectivity index (χ1) is 18.6. The Labute approximate surface area is 238 Å². The van der Waals surface area contributed by atoms with Gasteiger partial charge < -0.3 is 22.6 Å². The molecule has 0 atom stereocenters. The van der Waals surface area contributed by atoms with Gasteiger partial charge >= 0.3 is 0 Å². The summed E-state index contributed by atoms with van der Waals surface area (Å²) in [6.45, 7) is 1.75. The molecular weight excluding hydrogens is 521 g/mol. The SMILES string of the molecule is N=C(NC(=N)N1CCCCC1)Nc1cccc(C[P+](c2ccccc2)(c2ccccc2)c2ccccc2)c1.[Cl-].